The second-order valence-electron chi connectivity index (χ2n) is 6.58. The maximum atomic E-state index is 9.16. The van der Waals surface area contributed by atoms with E-state index in [1.807, 2.05) is 22.8 Å². The van der Waals surface area contributed by atoms with Crippen molar-refractivity contribution in [3.8, 4) is 17.6 Å². The highest BCUT2D eigenvalue weighted by Gasteiger charge is 2.16. The van der Waals surface area contributed by atoms with Crippen molar-refractivity contribution in [2.24, 2.45) is 0 Å². The van der Waals surface area contributed by atoms with Crippen molar-refractivity contribution in [1.29, 1.82) is 5.26 Å². The van der Waals surface area contributed by atoms with E-state index >= 15 is 0 Å². The van der Waals surface area contributed by atoms with Crippen LogP contribution in [0.1, 0.15) is 11.3 Å². The maximum Gasteiger partial charge on any atom is 0.173 e. The highest BCUT2D eigenvalue weighted by molar-refractivity contribution is 6.33. The van der Waals surface area contributed by atoms with Gasteiger partial charge in [-0.1, -0.05) is 23.2 Å². The van der Waals surface area contributed by atoms with E-state index < -0.39 is 0 Å². The summed E-state index contributed by atoms with van der Waals surface area (Å²) in [6.07, 6.45) is 3.43. The Labute approximate surface area is 204 Å². The first kappa shape index (κ1) is 23.6. The molecule has 0 radical (unpaired) electrons. The lowest BCUT2D eigenvalue weighted by Gasteiger charge is -2.10. The van der Waals surface area contributed by atoms with Gasteiger partial charge in [0, 0.05) is 16.6 Å². The Kier molecular flexibility index (Phi) is 7.12. The molecule has 0 bridgehead atoms. The van der Waals surface area contributed by atoms with Gasteiger partial charge in [-0.2, -0.15) is 10.4 Å². The number of aromatic nitrogens is 5. The van der Waals surface area contributed by atoms with Gasteiger partial charge in [-0.15, -0.1) is 24.8 Å². The Hall–Kier alpha value is -3.02. The van der Waals surface area contributed by atoms with Gasteiger partial charge in [0.25, 0.3) is 0 Å². The van der Waals surface area contributed by atoms with E-state index in [0.717, 1.165) is 22.2 Å². The van der Waals surface area contributed by atoms with Crippen LogP contribution in [-0.4, -0.2) is 24.7 Å². The lowest BCUT2D eigenvalue weighted by atomic mass is 10.2. The third kappa shape index (κ3) is 4.31. The summed E-state index contributed by atoms with van der Waals surface area (Å²) in [4.78, 5) is 8.78. The van der Waals surface area contributed by atoms with E-state index in [1.54, 1.807) is 36.8 Å². The SMILES string of the molecule is Cl.Cl.N#Cc1cc(Cl)cc(Oc2c(Cl)ccc3c2ncn3Cc2n[nH]c3ncccc23)c1. The van der Waals surface area contributed by atoms with Gasteiger partial charge in [-0.25, -0.2) is 9.97 Å². The van der Waals surface area contributed by atoms with Crippen molar-refractivity contribution in [2.75, 3.05) is 0 Å². The number of imidazole rings is 1. The molecule has 0 amide bonds. The number of ether oxygens (including phenoxy) is 1. The van der Waals surface area contributed by atoms with E-state index in [4.69, 9.17) is 33.2 Å². The molecular formula is C21H14Cl4N6O. The van der Waals surface area contributed by atoms with Crippen LogP contribution < -0.4 is 4.74 Å². The summed E-state index contributed by atoms with van der Waals surface area (Å²) < 4.78 is 7.95. The fraction of sp³-hybridized carbons (Fsp3) is 0.0476. The quantitative estimate of drug-likeness (QED) is 0.314. The number of halogens is 4. The Morgan fingerprint density at radius 2 is 1.94 bits per heavy atom. The van der Waals surface area contributed by atoms with Crippen molar-refractivity contribution in [3.05, 3.63) is 76.3 Å². The van der Waals surface area contributed by atoms with Crippen LogP contribution in [0.2, 0.25) is 10.0 Å². The zero-order chi connectivity index (χ0) is 20.7. The molecule has 5 aromatic rings. The van der Waals surface area contributed by atoms with Gasteiger partial charge in [0.1, 0.15) is 11.3 Å². The average molecular weight is 508 g/mol. The topological polar surface area (TPSA) is 92.4 Å². The lowest BCUT2D eigenvalue weighted by molar-refractivity contribution is 0.487. The van der Waals surface area contributed by atoms with Gasteiger partial charge >= 0.3 is 0 Å². The Morgan fingerprint density at radius 1 is 1.09 bits per heavy atom. The van der Waals surface area contributed by atoms with Gasteiger partial charge in [0.2, 0.25) is 0 Å². The van der Waals surface area contributed by atoms with Crippen LogP contribution in [-0.2, 0) is 6.54 Å². The summed E-state index contributed by atoms with van der Waals surface area (Å²) >= 11 is 12.5. The summed E-state index contributed by atoms with van der Waals surface area (Å²) in [7, 11) is 0. The maximum absolute atomic E-state index is 9.16. The molecule has 0 atom stereocenters. The molecular weight excluding hydrogens is 494 g/mol. The molecule has 1 N–H and O–H groups in total. The second-order valence-corrected chi connectivity index (χ2v) is 7.42. The molecule has 0 aliphatic rings. The zero-order valence-corrected chi connectivity index (χ0v) is 19.3. The Morgan fingerprint density at radius 3 is 2.75 bits per heavy atom. The van der Waals surface area contributed by atoms with E-state index in [9.17, 15) is 0 Å². The number of rotatable bonds is 4. The van der Waals surface area contributed by atoms with E-state index in [1.165, 1.54) is 0 Å². The average Bonchev–Trinajstić information content (AvgIpc) is 3.34. The van der Waals surface area contributed by atoms with E-state index in [-0.39, 0.29) is 24.8 Å². The summed E-state index contributed by atoms with van der Waals surface area (Å²) in [5, 5.41) is 18.2. The van der Waals surface area contributed by atoms with Crippen molar-refractivity contribution in [2.45, 2.75) is 6.54 Å². The summed E-state index contributed by atoms with van der Waals surface area (Å²) in [5.41, 5.74) is 3.41. The van der Waals surface area contributed by atoms with Crippen molar-refractivity contribution >= 4 is 70.1 Å². The third-order valence-electron chi connectivity index (χ3n) is 4.65. The molecule has 5 rings (SSSR count). The monoisotopic (exact) mass is 506 g/mol. The van der Waals surface area contributed by atoms with Crippen LogP contribution in [0, 0.1) is 11.3 Å². The number of hydrogen-bond donors (Lipinski definition) is 1. The van der Waals surface area contributed by atoms with Gasteiger partial charge in [0.05, 0.1) is 40.7 Å². The molecule has 0 spiro atoms. The summed E-state index contributed by atoms with van der Waals surface area (Å²) in [6.45, 7) is 0.499. The van der Waals surface area contributed by atoms with Crippen LogP contribution in [0.25, 0.3) is 22.1 Å². The minimum Gasteiger partial charge on any atom is -0.453 e. The van der Waals surface area contributed by atoms with Crippen molar-refractivity contribution in [1.82, 2.24) is 24.7 Å². The van der Waals surface area contributed by atoms with Gasteiger partial charge in [-0.3, -0.25) is 5.10 Å². The van der Waals surface area contributed by atoms with Gasteiger partial charge in [-0.05, 0) is 42.5 Å². The first-order chi connectivity index (χ1) is 14.6. The number of H-pyrrole nitrogens is 1. The Bertz CT molecular complexity index is 1460. The second kappa shape index (κ2) is 9.63. The number of pyridine rings is 1. The standard InChI is InChI=1S/C21H12Cl2N6O.2ClH/c22-13-6-12(9-24)7-14(8-13)30-20-16(23)3-4-18-19(20)26-11-29(18)10-17-15-2-1-5-25-21(15)28-27-17;;/h1-8,11H,10H2,(H,25,27,28);2*1H. The van der Waals surface area contributed by atoms with Crippen LogP contribution in [0.4, 0.5) is 0 Å². The van der Waals surface area contributed by atoms with Crippen LogP contribution in [0.15, 0.2) is 55.0 Å². The summed E-state index contributed by atoms with van der Waals surface area (Å²) in [5.74, 6) is 0.806. The smallest absolute Gasteiger partial charge is 0.173 e. The number of fused-ring (bicyclic) bond motifs is 2. The van der Waals surface area contributed by atoms with Crippen molar-refractivity contribution in [3.63, 3.8) is 0 Å². The molecule has 0 fully saturated rings. The number of nitrogens with one attached hydrogen (secondary N) is 1. The lowest BCUT2D eigenvalue weighted by Crippen LogP contribution is -1.99. The zero-order valence-electron chi connectivity index (χ0n) is 16.1. The minimum atomic E-state index is 0. The Balaban J connectivity index is 0.00000144. The summed E-state index contributed by atoms with van der Waals surface area (Å²) in [6, 6.07) is 14.3. The largest absolute Gasteiger partial charge is 0.453 e. The predicted octanol–water partition coefficient (Wildman–Crippen LogP) is 6.17. The fourth-order valence-corrected chi connectivity index (χ4v) is 3.72. The number of benzene rings is 2. The van der Waals surface area contributed by atoms with Crippen molar-refractivity contribution < 1.29 is 4.74 Å². The molecule has 162 valence electrons. The number of aromatic amines is 1. The first-order valence-corrected chi connectivity index (χ1v) is 9.68. The molecule has 0 saturated carbocycles. The highest BCUT2D eigenvalue weighted by Crippen LogP contribution is 2.37. The van der Waals surface area contributed by atoms with Crippen LogP contribution >= 0.6 is 48.0 Å². The van der Waals surface area contributed by atoms with Gasteiger partial charge < -0.3 is 9.30 Å². The van der Waals surface area contributed by atoms with Gasteiger partial charge in [0.15, 0.2) is 11.4 Å². The molecule has 32 heavy (non-hydrogen) atoms. The molecule has 3 aromatic heterocycles. The van der Waals surface area contributed by atoms with Crippen LogP contribution in [0.3, 0.4) is 0 Å². The normalized spacial score (nSPS) is 10.4. The molecule has 2 aromatic carbocycles. The molecule has 0 aliphatic carbocycles. The molecule has 0 aliphatic heterocycles. The number of nitrogens with zero attached hydrogens (tertiary/aromatic N) is 5. The molecule has 0 saturated heterocycles. The van der Waals surface area contributed by atoms with E-state index in [0.29, 0.717) is 39.2 Å². The number of hydrogen-bond acceptors (Lipinski definition) is 5. The predicted molar refractivity (Wildman–Crippen MR) is 128 cm³/mol. The number of nitriles is 1. The highest BCUT2D eigenvalue weighted by atomic mass is 35.5. The molecule has 3 heterocycles. The third-order valence-corrected chi connectivity index (χ3v) is 5.17. The molecule has 11 heteroatoms. The molecule has 0 unspecified atom stereocenters. The minimum absolute atomic E-state index is 0. The van der Waals surface area contributed by atoms with Crippen LogP contribution in [0.5, 0.6) is 11.5 Å². The first-order valence-electron chi connectivity index (χ1n) is 8.92. The molecule has 7 nitrogen and oxygen atoms in total. The fourth-order valence-electron chi connectivity index (χ4n) is 3.30. The van der Waals surface area contributed by atoms with E-state index in [2.05, 4.69) is 26.2 Å².